The van der Waals surface area contributed by atoms with Crippen molar-refractivity contribution in [1.82, 2.24) is 0 Å². The van der Waals surface area contributed by atoms with Crippen LogP contribution in [0.1, 0.15) is 0 Å². The second kappa shape index (κ2) is 6.11. The van der Waals surface area contributed by atoms with Gasteiger partial charge in [-0.3, -0.25) is 0 Å². The minimum absolute atomic E-state index is 0.923. The number of nitrogens with zero attached hydrogens (tertiary/aromatic N) is 1. The van der Waals surface area contributed by atoms with Crippen molar-refractivity contribution in [2.75, 3.05) is 11.9 Å². The molecule has 0 saturated carbocycles. The quantitative estimate of drug-likeness (QED) is 0.290. The third-order valence-corrected chi connectivity index (χ3v) is 5.85. The first-order chi connectivity index (χ1) is 14.3. The molecule has 29 heavy (non-hydrogen) atoms. The Morgan fingerprint density at radius 3 is 2.07 bits per heavy atom. The molecule has 6 aromatic rings. The minimum atomic E-state index is 0.923. The molecule has 0 N–H and O–H groups in total. The molecule has 0 bridgehead atoms. The van der Waals surface area contributed by atoms with Crippen molar-refractivity contribution in [2.24, 2.45) is 0 Å². The predicted molar refractivity (Wildman–Crippen MR) is 123 cm³/mol. The van der Waals surface area contributed by atoms with E-state index in [0.717, 1.165) is 27.6 Å². The van der Waals surface area contributed by atoms with Gasteiger partial charge in [0.1, 0.15) is 5.58 Å². The van der Waals surface area contributed by atoms with E-state index < -0.39 is 0 Å². The monoisotopic (exact) mass is 373 g/mol. The summed E-state index contributed by atoms with van der Waals surface area (Å²) in [4.78, 5) is 2.25. The number of hydrogen-bond donors (Lipinski definition) is 0. The zero-order chi connectivity index (χ0) is 19.4. The average molecular weight is 373 g/mol. The van der Waals surface area contributed by atoms with Crippen molar-refractivity contribution < 1.29 is 4.42 Å². The van der Waals surface area contributed by atoms with Crippen LogP contribution in [0.15, 0.2) is 101 Å². The van der Waals surface area contributed by atoms with Crippen LogP contribution in [-0.2, 0) is 0 Å². The molecule has 0 amide bonds. The van der Waals surface area contributed by atoms with Crippen molar-refractivity contribution in [1.29, 1.82) is 0 Å². The summed E-state index contributed by atoms with van der Waals surface area (Å²) < 4.78 is 6.28. The van der Waals surface area contributed by atoms with Gasteiger partial charge in [0.05, 0.1) is 5.69 Å². The Labute approximate surface area is 168 Å². The van der Waals surface area contributed by atoms with Gasteiger partial charge in [-0.1, -0.05) is 78.9 Å². The summed E-state index contributed by atoms with van der Waals surface area (Å²) in [5.41, 5.74) is 4.09. The maximum absolute atomic E-state index is 6.28. The van der Waals surface area contributed by atoms with E-state index in [9.17, 15) is 0 Å². The molecule has 2 nitrogen and oxygen atoms in total. The van der Waals surface area contributed by atoms with Gasteiger partial charge in [-0.05, 0) is 34.4 Å². The summed E-state index contributed by atoms with van der Waals surface area (Å²) in [6, 6.07) is 34.1. The summed E-state index contributed by atoms with van der Waals surface area (Å²) in [7, 11) is 2.12. The van der Waals surface area contributed by atoms with Gasteiger partial charge in [-0.25, -0.2) is 0 Å². The number of hydrogen-bond acceptors (Lipinski definition) is 2. The first-order valence-corrected chi connectivity index (χ1v) is 9.86. The molecular weight excluding hydrogens is 354 g/mol. The van der Waals surface area contributed by atoms with E-state index >= 15 is 0 Å². The molecule has 0 aliphatic rings. The van der Waals surface area contributed by atoms with Crippen LogP contribution in [0.25, 0.3) is 43.5 Å². The van der Waals surface area contributed by atoms with Crippen LogP contribution in [0, 0.1) is 0 Å². The number of rotatable bonds is 2. The highest BCUT2D eigenvalue weighted by Gasteiger charge is 2.16. The normalized spacial score (nSPS) is 11.6. The van der Waals surface area contributed by atoms with Crippen molar-refractivity contribution >= 4 is 54.9 Å². The molecule has 0 saturated heterocycles. The highest BCUT2D eigenvalue weighted by Crippen LogP contribution is 2.40. The maximum Gasteiger partial charge on any atom is 0.159 e. The number of anilines is 2. The van der Waals surface area contributed by atoms with Crippen molar-refractivity contribution in [2.45, 2.75) is 0 Å². The Morgan fingerprint density at radius 2 is 1.21 bits per heavy atom. The van der Waals surface area contributed by atoms with E-state index in [1.807, 2.05) is 12.1 Å². The van der Waals surface area contributed by atoms with Gasteiger partial charge in [0, 0.05) is 28.9 Å². The molecular formula is C27H19NO. The zero-order valence-corrected chi connectivity index (χ0v) is 16.1. The Kier molecular flexibility index (Phi) is 3.41. The van der Waals surface area contributed by atoms with Crippen LogP contribution < -0.4 is 4.90 Å². The van der Waals surface area contributed by atoms with E-state index in [1.165, 1.54) is 27.2 Å². The molecule has 6 rings (SSSR count). The summed E-state index contributed by atoms with van der Waals surface area (Å²) in [6.45, 7) is 0. The molecule has 0 radical (unpaired) electrons. The standard InChI is InChI=1S/C27H19NO/c1-28(24-15-8-14-23-22-13-6-7-16-26(22)29-27(23)24)25-17-18-9-2-3-10-19(18)20-11-4-5-12-21(20)25/h2-17H,1H3. The summed E-state index contributed by atoms with van der Waals surface area (Å²) in [6.07, 6.45) is 0. The SMILES string of the molecule is CN(c1cc2ccccc2c2ccccc12)c1cccc2c1oc1ccccc12. The molecule has 1 aromatic heterocycles. The van der Waals surface area contributed by atoms with Crippen LogP contribution in [0.4, 0.5) is 11.4 Å². The Balaban J connectivity index is 1.66. The maximum atomic E-state index is 6.28. The lowest BCUT2D eigenvalue weighted by atomic mass is 9.99. The molecule has 0 unspecified atom stereocenters. The number of benzene rings is 5. The topological polar surface area (TPSA) is 16.4 Å². The molecule has 1 heterocycles. The summed E-state index contributed by atoms with van der Waals surface area (Å²) in [5.74, 6) is 0. The zero-order valence-electron chi connectivity index (χ0n) is 16.1. The Hall–Kier alpha value is -3.78. The molecule has 0 spiro atoms. The van der Waals surface area contributed by atoms with Gasteiger partial charge < -0.3 is 9.32 Å². The number of furan rings is 1. The Bertz CT molecular complexity index is 1530. The van der Waals surface area contributed by atoms with Crippen LogP contribution in [0.5, 0.6) is 0 Å². The van der Waals surface area contributed by atoms with Crippen LogP contribution in [-0.4, -0.2) is 7.05 Å². The number of para-hydroxylation sites is 2. The van der Waals surface area contributed by atoms with E-state index in [2.05, 4.69) is 96.9 Å². The number of fused-ring (bicyclic) bond motifs is 6. The van der Waals surface area contributed by atoms with E-state index in [4.69, 9.17) is 4.42 Å². The lowest BCUT2D eigenvalue weighted by Crippen LogP contribution is -2.10. The molecule has 0 aliphatic heterocycles. The lowest BCUT2D eigenvalue weighted by molar-refractivity contribution is 0.668. The smallest absolute Gasteiger partial charge is 0.159 e. The van der Waals surface area contributed by atoms with Crippen LogP contribution >= 0.6 is 0 Å². The first kappa shape index (κ1) is 16.2. The van der Waals surface area contributed by atoms with Gasteiger partial charge in [0.2, 0.25) is 0 Å². The second-order valence-corrected chi connectivity index (χ2v) is 7.47. The average Bonchev–Trinajstić information content (AvgIpc) is 3.17. The fraction of sp³-hybridized carbons (Fsp3) is 0.0370. The Morgan fingerprint density at radius 1 is 0.552 bits per heavy atom. The fourth-order valence-electron chi connectivity index (χ4n) is 4.44. The van der Waals surface area contributed by atoms with Crippen LogP contribution in [0.2, 0.25) is 0 Å². The van der Waals surface area contributed by atoms with Crippen molar-refractivity contribution in [3.8, 4) is 0 Å². The van der Waals surface area contributed by atoms with Gasteiger partial charge >= 0.3 is 0 Å². The summed E-state index contributed by atoms with van der Waals surface area (Å²) in [5, 5.41) is 7.33. The fourth-order valence-corrected chi connectivity index (χ4v) is 4.44. The van der Waals surface area contributed by atoms with Gasteiger partial charge in [0.25, 0.3) is 0 Å². The van der Waals surface area contributed by atoms with Gasteiger partial charge in [-0.15, -0.1) is 0 Å². The van der Waals surface area contributed by atoms with E-state index in [0.29, 0.717) is 0 Å². The van der Waals surface area contributed by atoms with Gasteiger partial charge in [-0.2, -0.15) is 0 Å². The minimum Gasteiger partial charge on any atom is -0.454 e. The highest BCUT2D eigenvalue weighted by atomic mass is 16.3. The van der Waals surface area contributed by atoms with Crippen molar-refractivity contribution in [3.63, 3.8) is 0 Å². The van der Waals surface area contributed by atoms with E-state index in [1.54, 1.807) is 0 Å². The first-order valence-electron chi connectivity index (χ1n) is 9.86. The second-order valence-electron chi connectivity index (χ2n) is 7.47. The third-order valence-electron chi connectivity index (χ3n) is 5.85. The molecule has 138 valence electrons. The lowest BCUT2D eigenvalue weighted by Gasteiger charge is -2.22. The van der Waals surface area contributed by atoms with Crippen molar-refractivity contribution in [3.05, 3.63) is 97.1 Å². The third kappa shape index (κ3) is 2.36. The molecule has 0 atom stereocenters. The van der Waals surface area contributed by atoms with Gasteiger partial charge in [0.15, 0.2) is 5.58 Å². The van der Waals surface area contributed by atoms with Crippen LogP contribution in [0.3, 0.4) is 0 Å². The largest absolute Gasteiger partial charge is 0.454 e. The molecule has 0 aliphatic carbocycles. The predicted octanol–water partition coefficient (Wildman–Crippen LogP) is 7.66. The summed E-state index contributed by atoms with van der Waals surface area (Å²) >= 11 is 0. The highest BCUT2D eigenvalue weighted by molar-refractivity contribution is 6.15. The molecule has 2 heteroatoms. The van der Waals surface area contributed by atoms with E-state index in [-0.39, 0.29) is 0 Å². The molecule has 5 aromatic carbocycles. The molecule has 0 fully saturated rings.